The Bertz CT molecular complexity index is 1050. The number of nitro benzene ring substituents is 1. The van der Waals surface area contributed by atoms with Gasteiger partial charge >= 0.3 is 0 Å². The van der Waals surface area contributed by atoms with Gasteiger partial charge in [0, 0.05) is 30.3 Å². The summed E-state index contributed by atoms with van der Waals surface area (Å²) in [7, 11) is 0. The van der Waals surface area contributed by atoms with Crippen LogP contribution in [-0.4, -0.2) is 49.4 Å². The number of amides is 1. The van der Waals surface area contributed by atoms with Crippen LogP contribution in [0.5, 0.6) is 0 Å². The van der Waals surface area contributed by atoms with Crippen molar-refractivity contribution in [3.8, 4) is 0 Å². The van der Waals surface area contributed by atoms with Gasteiger partial charge in [-0.05, 0) is 26.2 Å². The lowest BCUT2D eigenvalue weighted by Crippen LogP contribution is -2.27. The van der Waals surface area contributed by atoms with Crippen LogP contribution in [0, 0.1) is 10.1 Å². The molecule has 11 heteroatoms. The van der Waals surface area contributed by atoms with Crippen LogP contribution in [0.4, 0.5) is 11.5 Å². The summed E-state index contributed by atoms with van der Waals surface area (Å²) in [6, 6.07) is 5.82. The molecule has 0 aliphatic carbocycles. The van der Waals surface area contributed by atoms with E-state index in [4.69, 9.17) is 0 Å². The normalized spacial score (nSPS) is 11.0. The number of fused-ring (bicyclic) bond motifs is 1. The maximum Gasteiger partial charge on any atom is 0.270 e. The Kier molecular flexibility index (Phi) is 6.27. The summed E-state index contributed by atoms with van der Waals surface area (Å²) in [5, 5.41) is 22.7. The Balaban J connectivity index is 1.73. The molecule has 0 saturated heterocycles. The van der Waals surface area contributed by atoms with Gasteiger partial charge in [-0.1, -0.05) is 17.8 Å². The monoisotopic (exact) mass is 415 g/mol. The van der Waals surface area contributed by atoms with Gasteiger partial charge in [-0.15, -0.1) is 0 Å². The first-order valence-corrected chi connectivity index (χ1v) is 10.2. The molecule has 0 aliphatic rings. The van der Waals surface area contributed by atoms with Crippen LogP contribution in [0.15, 0.2) is 35.6 Å². The number of carbonyl (C=O) groups is 1. The molecule has 152 valence electrons. The molecule has 0 bridgehead atoms. The van der Waals surface area contributed by atoms with Crippen molar-refractivity contribution < 1.29 is 9.72 Å². The van der Waals surface area contributed by atoms with E-state index in [9.17, 15) is 14.9 Å². The van der Waals surface area contributed by atoms with E-state index in [1.54, 1.807) is 10.9 Å². The summed E-state index contributed by atoms with van der Waals surface area (Å²) in [5.74, 6) is 0.341. The zero-order valence-electron chi connectivity index (χ0n) is 16.2. The molecule has 0 aliphatic heterocycles. The Labute approximate surface area is 171 Å². The summed E-state index contributed by atoms with van der Waals surface area (Å²) in [6.45, 7) is 4.75. The van der Waals surface area contributed by atoms with Gasteiger partial charge in [0.2, 0.25) is 0 Å². The van der Waals surface area contributed by atoms with Crippen molar-refractivity contribution in [1.29, 1.82) is 0 Å². The van der Waals surface area contributed by atoms with Gasteiger partial charge in [0.25, 0.3) is 11.6 Å². The maximum atomic E-state index is 12.3. The molecule has 2 aromatic heterocycles. The van der Waals surface area contributed by atoms with E-state index in [1.165, 1.54) is 36.0 Å². The summed E-state index contributed by atoms with van der Waals surface area (Å²) in [6.07, 6.45) is 3.60. The highest BCUT2D eigenvalue weighted by atomic mass is 32.2. The number of carbonyl (C=O) groups excluding carboxylic acids is 1. The third-order valence-corrected chi connectivity index (χ3v) is 4.56. The van der Waals surface area contributed by atoms with Crippen molar-refractivity contribution in [2.24, 2.45) is 0 Å². The van der Waals surface area contributed by atoms with E-state index in [0.717, 1.165) is 11.2 Å². The minimum absolute atomic E-state index is 0.123. The first-order valence-electron chi connectivity index (χ1n) is 8.95. The van der Waals surface area contributed by atoms with Crippen molar-refractivity contribution >= 4 is 40.2 Å². The number of benzene rings is 1. The molecule has 29 heavy (non-hydrogen) atoms. The average molecular weight is 415 g/mol. The number of thioether (sulfide) groups is 1. The molecule has 10 nitrogen and oxygen atoms in total. The molecule has 0 fully saturated rings. The van der Waals surface area contributed by atoms with Gasteiger partial charge < -0.3 is 10.6 Å². The lowest BCUT2D eigenvalue weighted by molar-refractivity contribution is -0.384. The number of rotatable bonds is 8. The number of nitrogens with zero attached hydrogens (tertiary/aromatic N) is 5. The zero-order valence-corrected chi connectivity index (χ0v) is 17.1. The predicted octanol–water partition coefficient (Wildman–Crippen LogP) is 2.71. The molecule has 3 aromatic rings. The number of nitro groups is 1. The molecule has 1 amide bonds. The van der Waals surface area contributed by atoms with E-state index in [1.807, 2.05) is 20.1 Å². The van der Waals surface area contributed by atoms with Crippen LogP contribution >= 0.6 is 11.8 Å². The number of hydrogen-bond acceptors (Lipinski definition) is 8. The second-order valence-electron chi connectivity index (χ2n) is 6.53. The highest BCUT2D eigenvalue weighted by Crippen LogP contribution is 2.23. The van der Waals surface area contributed by atoms with Crippen LogP contribution in [-0.2, 0) is 6.54 Å². The Hall–Kier alpha value is -3.21. The minimum atomic E-state index is -0.529. The van der Waals surface area contributed by atoms with Crippen LogP contribution in [0.2, 0.25) is 0 Å². The van der Waals surface area contributed by atoms with Crippen LogP contribution in [0.3, 0.4) is 0 Å². The smallest absolute Gasteiger partial charge is 0.270 e. The number of hydrogen-bond donors (Lipinski definition) is 2. The zero-order chi connectivity index (χ0) is 21.0. The topological polar surface area (TPSA) is 128 Å². The molecule has 2 heterocycles. The fourth-order valence-electron chi connectivity index (χ4n) is 2.71. The van der Waals surface area contributed by atoms with Crippen molar-refractivity contribution in [2.45, 2.75) is 31.6 Å². The summed E-state index contributed by atoms with van der Waals surface area (Å²) < 4.78 is 1.70. The number of nitrogens with one attached hydrogen (secondary N) is 2. The third kappa shape index (κ3) is 4.80. The van der Waals surface area contributed by atoms with Gasteiger partial charge in [-0.3, -0.25) is 14.9 Å². The van der Waals surface area contributed by atoms with Crippen LogP contribution in [0.1, 0.15) is 24.2 Å². The highest BCUT2D eigenvalue weighted by Gasteiger charge is 2.14. The molecule has 3 rings (SSSR count). The van der Waals surface area contributed by atoms with E-state index in [-0.39, 0.29) is 23.2 Å². The molecule has 0 saturated carbocycles. The van der Waals surface area contributed by atoms with E-state index in [0.29, 0.717) is 23.9 Å². The lowest BCUT2D eigenvalue weighted by Gasteiger charge is -2.11. The predicted molar refractivity (Wildman–Crippen MR) is 111 cm³/mol. The lowest BCUT2D eigenvalue weighted by atomic mass is 10.2. The first-order chi connectivity index (χ1) is 13.9. The van der Waals surface area contributed by atoms with Gasteiger partial charge in [0.1, 0.15) is 5.82 Å². The van der Waals surface area contributed by atoms with Crippen molar-refractivity contribution in [2.75, 3.05) is 18.1 Å². The molecule has 0 radical (unpaired) electrons. The molecule has 2 N–H and O–H groups in total. The number of non-ortho nitro benzene ring substituents is 1. The number of aromatic nitrogens is 4. The highest BCUT2D eigenvalue weighted by molar-refractivity contribution is 7.98. The number of anilines is 1. The molecule has 1 aromatic carbocycles. The van der Waals surface area contributed by atoms with Gasteiger partial charge in [0.05, 0.1) is 23.1 Å². The van der Waals surface area contributed by atoms with Gasteiger partial charge in [0.15, 0.2) is 10.8 Å². The second-order valence-corrected chi connectivity index (χ2v) is 7.30. The molecular formula is C18H21N7O3S. The van der Waals surface area contributed by atoms with Gasteiger partial charge in [-0.2, -0.15) is 5.10 Å². The van der Waals surface area contributed by atoms with E-state index < -0.39 is 4.92 Å². The van der Waals surface area contributed by atoms with Crippen molar-refractivity contribution in [3.05, 3.63) is 46.1 Å². The molecule has 0 atom stereocenters. The minimum Gasteiger partial charge on any atom is -0.367 e. The fraction of sp³-hybridized carbons (Fsp3) is 0.333. The third-order valence-electron chi connectivity index (χ3n) is 4.01. The largest absolute Gasteiger partial charge is 0.367 e. The maximum absolute atomic E-state index is 12.3. The summed E-state index contributed by atoms with van der Waals surface area (Å²) >= 11 is 1.44. The SMILES string of the molecule is CSc1nc(NC(C)C)c2cnn(CCNC(=O)c3cccc([N+](=O)[O-])c3)c2n1. The molecule has 0 unspecified atom stereocenters. The Morgan fingerprint density at radius 2 is 2.14 bits per heavy atom. The van der Waals surface area contributed by atoms with Crippen LogP contribution < -0.4 is 10.6 Å². The van der Waals surface area contributed by atoms with Crippen molar-refractivity contribution in [1.82, 2.24) is 25.1 Å². The standard InChI is InChI=1S/C18H21N7O3S/c1-11(2)21-15-14-10-20-24(16(14)23-18(22-15)29-3)8-7-19-17(26)12-5-4-6-13(9-12)25(27)28/h4-6,9-11H,7-8H2,1-3H3,(H,19,26)(H,21,22,23). The van der Waals surface area contributed by atoms with Crippen molar-refractivity contribution in [3.63, 3.8) is 0 Å². The van der Waals surface area contributed by atoms with Crippen LogP contribution in [0.25, 0.3) is 11.0 Å². The first kappa shape index (κ1) is 20.5. The van der Waals surface area contributed by atoms with Gasteiger partial charge in [-0.25, -0.2) is 14.6 Å². The molecular weight excluding hydrogens is 394 g/mol. The molecule has 0 spiro atoms. The van der Waals surface area contributed by atoms with E-state index >= 15 is 0 Å². The summed E-state index contributed by atoms with van der Waals surface area (Å²) in [4.78, 5) is 31.7. The summed E-state index contributed by atoms with van der Waals surface area (Å²) in [5.41, 5.74) is 0.791. The Morgan fingerprint density at radius 1 is 1.34 bits per heavy atom. The quantitative estimate of drug-likeness (QED) is 0.249. The fourth-order valence-corrected chi connectivity index (χ4v) is 3.07. The van der Waals surface area contributed by atoms with E-state index in [2.05, 4.69) is 25.7 Å². The average Bonchev–Trinajstić information content (AvgIpc) is 3.10. The second kappa shape index (κ2) is 8.86. The Morgan fingerprint density at radius 3 is 2.83 bits per heavy atom.